The molecule has 2 aliphatic rings. The fourth-order valence-corrected chi connectivity index (χ4v) is 4.64. The first kappa shape index (κ1) is 16.7. The van der Waals surface area contributed by atoms with Gasteiger partial charge in [0.05, 0.1) is 0 Å². The Bertz CT molecular complexity index is 691. The summed E-state index contributed by atoms with van der Waals surface area (Å²) in [5.74, 6) is 0. The third-order valence-corrected chi connectivity index (χ3v) is 6.07. The van der Waals surface area contributed by atoms with Crippen LogP contribution in [0.25, 0.3) is 11.1 Å². The van der Waals surface area contributed by atoms with Crippen LogP contribution in [-0.2, 0) is 6.42 Å². The van der Waals surface area contributed by atoms with Crippen molar-refractivity contribution in [2.45, 2.75) is 76.7 Å². The Morgan fingerprint density at radius 3 is 2.04 bits per heavy atom. The lowest BCUT2D eigenvalue weighted by atomic mass is 10.0. The first-order valence-corrected chi connectivity index (χ1v) is 10.4. The number of hydrogen-bond acceptors (Lipinski definition) is 1. The minimum Gasteiger partial charge on any atom is -0.382 e. The maximum absolute atomic E-state index is 3.95. The zero-order valence-electron chi connectivity index (χ0n) is 15.4. The molecule has 2 aromatic rings. The van der Waals surface area contributed by atoms with Crippen molar-refractivity contribution in [3.05, 3.63) is 53.6 Å². The Morgan fingerprint density at radius 1 is 0.640 bits per heavy atom. The van der Waals surface area contributed by atoms with Crippen molar-refractivity contribution in [2.75, 3.05) is 5.32 Å². The van der Waals surface area contributed by atoms with Crippen LogP contribution in [-0.4, -0.2) is 6.04 Å². The standard InChI is InChI=1S/C24H31N/c1-2-4-6-8-14-20(13-7-5-3-1)25-24-17-11-16-22-21-15-10-9-12-19(21)18-23(22)24/h9-12,15-17,20,25H,1-8,13-14,18H2. The molecule has 132 valence electrons. The van der Waals surface area contributed by atoms with E-state index in [1.54, 1.807) is 0 Å². The third-order valence-electron chi connectivity index (χ3n) is 6.07. The van der Waals surface area contributed by atoms with Gasteiger partial charge in [0, 0.05) is 18.2 Å². The van der Waals surface area contributed by atoms with Crippen molar-refractivity contribution in [1.82, 2.24) is 0 Å². The Kier molecular flexibility index (Phi) is 5.40. The Balaban J connectivity index is 1.50. The molecule has 1 nitrogen and oxygen atoms in total. The highest BCUT2D eigenvalue weighted by Gasteiger charge is 2.21. The molecule has 0 saturated heterocycles. The monoisotopic (exact) mass is 333 g/mol. The molecule has 0 bridgehead atoms. The van der Waals surface area contributed by atoms with Crippen molar-refractivity contribution in [1.29, 1.82) is 0 Å². The van der Waals surface area contributed by atoms with Crippen LogP contribution < -0.4 is 5.32 Å². The van der Waals surface area contributed by atoms with E-state index in [-0.39, 0.29) is 0 Å². The molecule has 1 fully saturated rings. The molecule has 0 heterocycles. The number of benzene rings is 2. The van der Waals surface area contributed by atoms with Gasteiger partial charge in [0.2, 0.25) is 0 Å². The molecule has 0 unspecified atom stereocenters. The van der Waals surface area contributed by atoms with E-state index in [0.717, 1.165) is 6.42 Å². The Morgan fingerprint density at radius 2 is 1.28 bits per heavy atom. The summed E-state index contributed by atoms with van der Waals surface area (Å²) in [6, 6.07) is 16.4. The maximum atomic E-state index is 3.95. The predicted octanol–water partition coefficient (Wildman–Crippen LogP) is 6.95. The number of nitrogens with one attached hydrogen (secondary N) is 1. The van der Waals surface area contributed by atoms with E-state index in [1.165, 1.54) is 92.1 Å². The zero-order valence-corrected chi connectivity index (χ0v) is 15.4. The van der Waals surface area contributed by atoms with E-state index in [9.17, 15) is 0 Å². The number of hydrogen-bond donors (Lipinski definition) is 1. The van der Waals surface area contributed by atoms with Crippen molar-refractivity contribution in [3.63, 3.8) is 0 Å². The average Bonchev–Trinajstić information content (AvgIpc) is 2.99. The quantitative estimate of drug-likeness (QED) is 0.535. The normalized spacial score (nSPS) is 18.9. The Labute approximate surface area is 152 Å². The highest BCUT2D eigenvalue weighted by Crippen LogP contribution is 2.40. The SMILES string of the molecule is c1ccc2c(c1)Cc1c(NC3CCCCCCCCCC3)cccc1-2. The topological polar surface area (TPSA) is 12.0 Å². The largest absolute Gasteiger partial charge is 0.382 e. The molecule has 4 rings (SSSR count). The van der Waals surface area contributed by atoms with Gasteiger partial charge in [-0.05, 0) is 41.2 Å². The minimum atomic E-state index is 0.647. The van der Waals surface area contributed by atoms with E-state index in [4.69, 9.17) is 0 Å². The molecule has 1 N–H and O–H groups in total. The molecule has 0 amide bonds. The smallest absolute Gasteiger partial charge is 0.0384 e. The predicted molar refractivity (Wildman–Crippen MR) is 108 cm³/mol. The second-order valence-corrected chi connectivity index (χ2v) is 7.91. The molecule has 0 radical (unpaired) electrons. The molecule has 2 aliphatic carbocycles. The first-order chi connectivity index (χ1) is 12.4. The fourth-order valence-electron chi connectivity index (χ4n) is 4.64. The number of anilines is 1. The van der Waals surface area contributed by atoms with Crippen molar-refractivity contribution >= 4 is 5.69 Å². The van der Waals surface area contributed by atoms with Gasteiger partial charge >= 0.3 is 0 Å². The van der Waals surface area contributed by atoms with E-state index in [1.807, 2.05) is 0 Å². The highest BCUT2D eigenvalue weighted by atomic mass is 14.9. The van der Waals surface area contributed by atoms with Crippen LogP contribution in [0.1, 0.15) is 75.3 Å². The van der Waals surface area contributed by atoms with Crippen LogP contribution in [0.15, 0.2) is 42.5 Å². The van der Waals surface area contributed by atoms with Crippen LogP contribution in [0.2, 0.25) is 0 Å². The summed E-state index contributed by atoms with van der Waals surface area (Å²) >= 11 is 0. The molecular formula is C24H31N. The summed E-state index contributed by atoms with van der Waals surface area (Å²) in [6.45, 7) is 0. The van der Waals surface area contributed by atoms with E-state index in [2.05, 4.69) is 47.8 Å². The molecule has 1 saturated carbocycles. The van der Waals surface area contributed by atoms with Gasteiger partial charge < -0.3 is 5.32 Å². The molecule has 0 aromatic heterocycles. The summed E-state index contributed by atoms with van der Waals surface area (Å²) < 4.78 is 0. The molecule has 1 heteroatoms. The molecule has 0 aliphatic heterocycles. The summed E-state index contributed by atoms with van der Waals surface area (Å²) in [5, 5.41) is 3.95. The highest BCUT2D eigenvalue weighted by molar-refractivity contribution is 5.82. The number of rotatable bonds is 2. The van der Waals surface area contributed by atoms with Crippen LogP contribution >= 0.6 is 0 Å². The van der Waals surface area contributed by atoms with Gasteiger partial charge in [-0.15, -0.1) is 0 Å². The first-order valence-electron chi connectivity index (χ1n) is 10.4. The summed E-state index contributed by atoms with van der Waals surface area (Å²) in [5.41, 5.74) is 7.25. The lowest BCUT2D eigenvalue weighted by molar-refractivity contribution is 0.535. The average molecular weight is 334 g/mol. The van der Waals surface area contributed by atoms with E-state index < -0.39 is 0 Å². The summed E-state index contributed by atoms with van der Waals surface area (Å²) in [6.07, 6.45) is 15.1. The van der Waals surface area contributed by atoms with Crippen molar-refractivity contribution in [3.8, 4) is 11.1 Å². The summed E-state index contributed by atoms with van der Waals surface area (Å²) in [4.78, 5) is 0. The summed E-state index contributed by atoms with van der Waals surface area (Å²) in [7, 11) is 0. The second-order valence-electron chi connectivity index (χ2n) is 7.91. The van der Waals surface area contributed by atoms with Crippen LogP contribution in [0, 0.1) is 0 Å². The van der Waals surface area contributed by atoms with Gasteiger partial charge in [0.25, 0.3) is 0 Å². The van der Waals surface area contributed by atoms with Gasteiger partial charge in [-0.1, -0.05) is 87.8 Å². The zero-order chi connectivity index (χ0) is 16.9. The maximum Gasteiger partial charge on any atom is 0.0384 e. The molecular weight excluding hydrogens is 302 g/mol. The fraction of sp³-hybridized carbons (Fsp3) is 0.500. The van der Waals surface area contributed by atoms with Crippen LogP contribution in [0.4, 0.5) is 5.69 Å². The molecule has 0 atom stereocenters. The van der Waals surface area contributed by atoms with E-state index in [0.29, 0.717) is 6.04 Å². The number of fused-ring (bicyclic) bond motifs is 3. The third kappa shape index (κ3) is 3.92. The van der Waals surface area contributed by atoms with Gasteiger partial charge in [0.15, 0.2) is 0 Å². The minimum absolute atomic E-state index is 0.647. The van der Waals surface area contributed by atoms with Gasteiger partial charge in [-0.2, -0.15) is 0 Å². The van der Waals surface area contributed by atoms with Gasteiger partial charge in [-0.3, -0.25) is 0 Å². The van der Waals surface area contributed by atoms with Crippen LogP contribution in [0.5, 0.6) is 0 Å². The lowest BCUT2D eigenvalue weighted by Crippen LogP contribution is -2.20. The van der Waals surface area contributed by atoms with Crippen LogP contribution in [0.3, 0.4) is 0 Å². The van der Waals surface area contributed by atoms with Gasteiger partial charge in [0.1, 0.15) is 0 Å². The molecule has 2 aromatic carbocycles. The molecule has 25 heavy (non-hydrogen) atoms. The second kappa shape index (κ2) is 8.08. The lowest BCUT2D eigenvalue weighted by Gasteiger charge is -2.22. The van der Waals surface area contributed by atoms with Gasteiger partial charge in [-0.25, -0.2) is 0 Å². The Hall–Kier alpha value is -1.76. The van der Waals surface area contributed by atoms with Crippen molar-refractivity contribution < 1.29 is 0 Å². The molecule has 0 spiro atoms. The van der Waals surface area contributed by atoms with Crippen molar-refractivity contribution in [2.24, 2.45) is 0 Å². The van der Waals surface area contributed by atoms with E-state index >= 15 is 0 Å².